The van der Waals surface area contributed by atoms with Crippen LogP contribution in [0.2, 0.25) is 0 Å². The lowest BCUT2D eigenvalue weighted by molar-refractivity contribution is 0.0780. The lowest BCUT2D eigenvalue weighted by Crippen LogP contribution is -2.29. The first-order valence-corrected chi connectivity index (χ1v) is 8.21. The van der Waals surface area contributed by atoms with E-state index in [-0.39, 0.29) is 5.91 Å². The molecular weight excluding hydrogens is 302 g/mol. The van der Waals surface area contributed by atoms with E-state index < -0.39 is 0 Å². The van der Waals surface area contributed by atoms with Gasteiger partial charge in [0.25, 0.3) is 5.91 Å². The molecular formula is C20H23NO3. The van der Waals surface area contributed by atoms with Crippen LogP contribution in [-0.2, 0) is 0 Å². The fraction of sp³-hybridized carbons (Fsp3) is 0.350. The first kappa shape index (κ1) is 16.4. The zero-order valence-electron chi connectivity index (χ0n) is 14.4. The Morgan fingerprint density at radius 2 is 1.58 bits per heavy atom. The number of carbonyl (C=O) groups is 1. The van der Waals surface area contributed by atoms with Crippen LogP contribution in [0.5, 0.6) is 11.5 Å². The Kier molecular flexibility index (Phi) is 4.74. The van der Waals surface area contributed by atoms with Gasteiger partial charge in [-0.05, 0) is 23.6 Å². The molecule has 0 bridgehead atoms. The predicted molar refractivity (Wildman–Crippen MR) is 93.8 cm³/mol. The number of carbonyl (C=O) groups excluding carboxylic acids is 1. The van der Waals surface area contributed by atoms with E-state index in [1.54, 1.807) is 26.4 Å². The van der Waals surface area contributed by atoms with Gasteiger partial charge in [-0.15, -0.1) is 0 Å². The van der Waals surface area contributed by atoms with Crippen LogP contribution in [0, 0.1) is 5.92 Å². The number of hydrogen-bond acceptors (Lipinski definition) is 3. The van der Waals surface area contributed by atoms with Crippen LogP contribution >= 0.6 is 0 Å². The van der Waals surface area contributed by atoms with Gasteiger partial charge in [0.2, 0.25) is 0 Å². The van der Waals surface area contributed by atoms with Crippen molar-refractivity contribution in [2.75, 3.05) is 27.3 Å². The zero-order valence-corrected chi connectivity index (χ0v) is 14.4. The number of hydrogen-bond donors (Lipinski definition) is 0. The topological polar surface area (TPSA) is 38.8 Å². The highest BCUT2D eigenvalue weighted by molar-refractivity contribution is 6.00. The molecule has 1 aliphatic rings. The fourth-order valence-corrected chi connectivity index (χ4v) is 3.49. The minimum absolute atomic E-state index is 0.0328. The van der Waals surface area contributed by atoms with Crippen LogP contribution in [0.4, 0.5) is 0 Å². The number of benzene rings is 2. The second kappa shape index (κ2) is 6.95. The third-order valence-electron chi connectivity index (χ3n) is 4.77. The van der Waals surface area contributed by atoms with Gasteiger partial charge in [-0.1, -0.05) is 43.3 Å². The minimum Gasteiger partial charge on any atom is -0.496 e. The zero-order chi connectivity index (χ0) is 17.1. The molecule has 4 nitrogen and oxygen atoms in total. The molecule has 0 aromatic heterocycles. The molecule has 4 heteroatoms. The second-order valence-corrected chi connectivity index (χ2v) is 6.24. The maximum absolute atomic E-state index is 13.1. The van der Waals surface area contributed by atoms with Crippen molar-refractivity contribution < 1.29 is 14.3 Å². The van der Waals surface area contributed by atoms with E-state index >= 15 is 0 Å². The molecule has 1 amide bonds. The Morgan fingerprint density at radius 3 is 2.17 bits per heavy atom. The van der Waals surface area contributed by atoms with Gasteiger partial charge in [0.15, 0.2) is 0 Å². The van der Waals surface area contributed by atoms with Crippen molar-refractivity contribution in [3.63, 3.8) is 0 Å². The highest BCUT2D eigenvalue weighted by atomic mass is 16.5. The monoisotopic (exact) mass is 325 g/mol. The summed E-state index contributed by atoms with van der Waals surface area (Å²) in [6.07, 6.45) is 0. The molecule has 1 fully saturated rings. The van der Waals surface area contributed by atoms with E-state index in [1.165, 1.54) is 5.56 Å². The van der Waals surface area contributed by atoms with Gasteiger partial charge in [0.1, 0.15) is 17.1 Å². The Balaban J connectivity index is 1.87. The number of methoxy groups -OCH3 is 2. The largest absolute Gasteiger partial charge is 0.496 e. The predicted octanol–water partition coefficient (Wildman–Crippen LogP) is 3.58. The average Bonchev–Trinajstić information content (AvgIpc) is 3.02. The maximum atomic E-state index is 13.1. The first-order chi connectivity index (χ1) is 11.7. The van der Waals surface area contributed by atoms with Gasteiger partial charge in [-0.25, -0.2) is 0 Å². The molecule has 2 atom stereocenters. The standard InChI is InChI=1S/C20H23NO3/c1-14-12-21(13-16(14)15-8-5-4-6-9-15)20(22)19-17(23-2)10-7-11-18(19)24-3/h4-11,14,16H,12-13H2,1-3H3. The summed E-state index contributed by atoms with van der Waals surface area (Å²) in [5.74, 6) is 1.84. The molecule has 0 spiro atoms. The molecule has 3 rings (SSSR count). The summed E-state index contributed by atoms with van der Waals surface area (Å²) < 4.78 is 10.8. The quantitative estimate of drug-likeness (QED) is 0.862. The number of ether oxygens (including phenoxy) is 2. The molecule has 0 radical (unpaired) electrons. The van der Waals surface area contributed by atoms with Gasteiger partial charge < -0.3 is 14.4 Å². The van der Waals surface area contributed by atoms with Gasteiger partial charge in [0, 0.05) is 19.0 Å². The Hall–Kier alpha value is -2.49. The third kappa shape index (κ3) is 2.96. The van der Waals surface area contributed by atoms with Gasteiger partial charge in [-0.3, -0.25) is 4.79 Å². The van der Waals surface area contributed by atoms with E-state index in [0.29, 0.717) is 35.4 Å². The molecule has 1 heterocycles. The van der Waals surface area contributed by atoms with E-state index in [2.05, 4.69) is 31.2 Å². The summed E-state index contributed by atoms with van der Waals surface area (Å²) in [5.41, 5.74) is 1.79. The van der Waals surface area contributed by atoms with Crippen molar-refractivity contribution in [1.29, 1.82) is 0 Å². The lowest BCUT2D eigenvalue weighted by Gasteiger charge is -2.20. The fourth-order valence-electron chi connectivity index (χ4n) is 3.49. The van der Waals surface area contributed by atoms with Crippen molar-refractivity contribution in [1.82, 2.24) is 4.90 Å². The molecule has 2 aromatic rings. The first-order valence-electron chi connectivity index (χ1n) is 8.21. The molecule has 24 heavy (non-hydrogen) atoms. The van der Waals surface area contributed by atoms with Crippen LogP contribution in [0.3, 0.4) is 0 Å². The number of rotatable bonds is 4. The molecule has 0 aliphatic carbocycles. The molecule has 2 unspecified atom stereocenters. The summed E-state index contributed by atoms with van der Waals surface area (Å²) in [7, 11) is 3.15. The van der Waals surface area contributed by atoms with Crippen LogP contribution < -0.4 is 9.47 Å². The highest BCUT2D eigenvalue weighted by Gasteiger charge is 2.35. The Bertz CT molecular complexity index is 692. The normalized spacial score (nSPS) is 20.0. The second-order valence-electron chi connectivity index (χ2n) is 6.24. The maximum Gasteiger partial charge on any atom is 0.261 e. The van der Waals surface area contributed by atoms with Crippen molar-refractivity contribution >= 4 is 5.91 Å². The molecule has 0 saturated carbocycles. The van der Waals surface area contributed by atoms with Crippen molar-refractivity contribution in [2.24, 2.45) is 5.92 Å². The van der Waals surface area contributed by atoms with Crippen LogP contribution in [0.25, 0.3) is 0 Å². The van der Waals surface area contributed by atoms with Gasteiger partial charge >= 0.3 is 0 Å². The smallest absolute Gasteiger partial charge is 0.261 e. The SMILES string of the molecule is COc1cccc(OC)c1C(=O)N1CC(C)C(c2ccccc2)C1. The molecule has 126 valence electrons. The molecule has 2 aromatic carbocycles. The van der Waals surface area contributed by atoms with Crippen LogP contribution in [-0.4, -0.2) is 38.1 Å². The number of amides is 1. The van der Waals surface area contributed by atoms with E-state index in [1.807, 2.05) is 17.0 Å². The molecule has 1 saturated heterocycles. The molecule has 0 N–H and O–H groups in total. The van der Waals surface area contributed by atoms with E-state index in [9.17, 15) is 4.79 Å². The van der Waals surface area contributed by atoms with Gasteiger partial charge in [0.05, 0.1) is 14.2 Å². The van der Waals surface area contributed by atoms with Gasteiger partial charge in [-0.2, -0.15) is 0 Å². The average molecular weight is 325 g/mol. The number of nitrogens with zero attached hydrogens (tertiary/aromatic N) is 1. The van der Waals surface area contributed by atoms with E-state index in [0.717, 1.165) is 6.54 Å². The van der Waals surface area contributed by atoms with Crippen molar-refractivity contribution in [2.45, 2.75) is 12.8 Å². The Morgan fingerprint density at radius 1 is 0.958 bits per heavy atom. The van der Waals surface area contributed by atoms with Crippen molar-refractivity contribution in [3.8, 4) is 11.5 Å². The minimum atomic E-state index is -0.0328. The highest BCUT2D eigenvalue weighted by Crippen LogP contribution is 2.36. The van der Waals surface area contributed by atoms with E-state index in [4.69, 9.17) is 9.47 Å². The van der Waals surface area contributed by atoms with Crippen LogP contribution in [0.15, 0.2) is 48.5 Å². The third-order valence-corrected chi connectivity index (χ3v) is 4.77. The number of likely N-dealkylation sites (tertiary alicyclic amines) is 1. The summed E-state index contributed by atoms with van der Waals surface area (Å²) >= 11 is 0. The van der Waals surface area contributed by atoms with Crippen LogP contribution in [0.1, 0.15) is 28.8 Å². The summed E-state index contributed by atoms with van der Waals surface area (Å²) in [6.45, 7) is 3.65. The lowest BCUT2D eigenvalue weighted by atomic mass is 9.90. The summed E-state index contributed by atoms with van der Waals surface area (Å²) in [4.78, 5) is 15.0. The summed E-state index contributed by atoms with van der Waals surface area (Å²) in [6, 6.07) is 15.8. The molecule has 1 aliphatic heterocycles. The Labute approximate surface area is 143 Å². The summed E-state index contributed by atoms with van der Waals surface area (Å²) in [5, 5.41) is 0. The van der Waals surface area contributed by atoms with Crippen molar-refractivity contribution in [3.05, 3.63) is 59.7 Å².